The molecule has 0 bridgehead atoms. The second-order valence-electron chi connectivity index (χ2n) is 2.68. The van der Waals surface area contributed by atoms with Crippen LogP contribution in [0.1, 0.15) is 6.92 Å². The van der Waals surface area contributed by atoms with Gasteiger partial charge in [-0.3, -0.25) is 0 Å². The topological polar surface area (TPSA) is 46.5 Å². The minimum Gasteiger partial charge on any atom is -0.451 e. The van der Waals surface area contributed by atoms with Gasteiger partial charge in [0.05, 0.1) is 0 Å². The lowest BCUT2D eigenvalue weighted by atomic mass is 10.1. The smallest absolute Gasteiger partial charge is 0.345 e. The van der Waals surface area contributed by atoms with Gasteiger partial charge < -0.3 is 9.84 Å². The molecule has 1 aliphatic heterocycles. The first-order valence-electron chi connectivity index (χ1n) is 3.59. The standard InChI is InChI=1S/C8H8BrIO3/c1-4(3-10)7(11)6-2-5(9)8(12)13-6/h2-3,6-7,11H,1H3/b4-3+/t6-,7+/m0/s1. The summed E-state index contributed by atoms with van der Waals surface area (Å²) in [7, 11) is 0. The van der Waals surface area contributed by atoms with Gasteiger partial charge in [0.15, 0.2) is 6.10 Å². The quantitative estimate of drug-likeness (QED) is 0.605. The Morgan fingerprint density at radius 2 is 2.54 bits per heavy atom. The number of cyclic esters (lactones) is 1. The fraction of sp³-hybridized carbons (Fsp3) is 0.375. The third-order valence-electron chi connectivity index (χ3n) is 1.70. The number of rotatable bonds is 2. The summed E-state index contributed by atoms with van der Waals surface area (Å²) in [4.78, 5) is 10.9. The van der Waals surface area contributed by atoms with Crippen molar-refractivity contribution in [2.45, 2.75) is 19.1 Å². The highest BCUT2D eigenvalue weighted by Crippen LogP contribution is 2.23. The highest BCUT2D eigenvalue weighted by molar-refractivity contribution is 14.1. The maximum Gasteiger partial charge on any atom is 0.345 e. The predicted molar refractivity (Wildman–Crippen MR) is 60.7 cm³/mol. The van der Waals surface area contributed by atoms with E-state index >= 15 is 0 Å². The van der Waals surface area contributed by atoms with Crippen molar-refractivity contribution in [1.29, 1.82) is 0 Å². The minimum absolute atomic E-state index is 0.373. The van der Waals surface area contributed by atoms with Gasteiger partial charge in [-0.2, -0.15) is 0 Å². The Labute approximate surface area is 98.1 Å². The monoisotopic (exact) mass is 358 g/mol. The third-order valence-corrected chi connectivity index (χ3v) is 3.27. The number of aliphatic hydroxyl groups is 1. The number of aliphatic hydroxyl groups excluding tert-OH is 1. The Morgan fingerprint density at radius 1 is 1.92 bits per heavy atom. The normalized spacial score (nSPS) is 25.5. The number of esters is 1. The van der Waals surface area contributed by atoms with Crippen LogP contribution in [0.2, 0.25) is 0 Å². The molecule has 0 radical (unpaired) electrons. The Bertz CT molecular complexity index is 285. The summed E-state index contributed by atoms with van der Waals surface area (Å²) in [6, 6.07) is 0. The van der Waals surface area contributed by atoms with Crippen LogP contribution >= 0.6 is 38.5 Å². The average molecular weight is 359 g/mol. The summed E-state index contributed by atoms with van der Waals surface area (Å²) in [6.07, 6.45) is 0.250. The first-order valence-corrected chi connectivity index (χ1v) is 5.63. The van der Waals surface area contributed by atoms with E-state index < -0.39 is 18.2 Å². The predicted octanol–water partition coefficient (Wildman–Crippen LogP) is 1.89. The van der Waals surface area contributed by atoms with Gasteiger partial charge in [-0.15, -0.1) is 0 Å². The molecule has 2 atom stereocenters. The molecule has 1 N–H and O–H groups in total. The summed E-state index contributed by atoms with van der Waals surface area (Å²) in [5.74, 6) is -0.426. The van der Waals surface area contributed by atoms with Crippen LogP contribution < -0.4 is 0 Å². The SMILES string of the molecule is C/C(=C\I)[C@@H](O)[C@@H]1C=C(Br)C(=O)O1. The average Bonchev–Trinajstić information content (AvgIpc) is 2.44. The van der Waals surface area contributed by atoms with Crippen molar-refractivity contribution in [3.8, 4) is 0 Å². The van der Waals surface area contributed by atoms with Crippen LogP contribution in [0.5, 0.6) is 0 Å². The first-order chi connectivity index (χ1) is 6.06. The second kappa shape index (κ2) is 4.56. The lowest BCUT2D eigenvalue weighted by Gasteiger charge is -2.15. The molecule has 0 aliphatic carbocycles. The molecule has 0 fully saturated rings. The molecule has 0 saturated carbocycles. The molecular weight excluding hydrogens is 351 g/mol. The summed E-state index contributed by atoms with van der Waals surface area (Å²) < 4.78 is 7.02. The van der Waals surface area contributed by atoms with Crippen molar-refractivity contribution >= 4 is 44.5 Å². The Kier molecular flexibility index (Phi) is 3.93. The fourth-order valence-electron chi connectivity index (χ4n) is 0.905. The number of hydrogen-bond donors (Lipinski definition) is 1. The molecule has 0 amide bonds. The third kappa shape index (κ3) is 2.54. The van der Waals surface area contributed by atoms with Crippen molar-refractivity contribution in [1.82, 2.24) is 0 Å². The molecule has 72 valence electrons. The molecule has 1 rings (SSSR count). The van der Waals surface area contributed by atoms with Crippen molar-refractivity contribution < 1.29 is 14.6 Å². The molecule has 0 aromatic rings. The van der Waals surface area contributed by atoms with E-state index in [9.17, 15) is 9.90 Å². The van der Waals surface area contributed by atoms with Gasteiger partial charge in [0.1, 0.15) is 10.6 Å². The fourth-order valence-corrected chi connectivity index (χ4v) is 1.63. The minimum atomic E-state index is -0.754. The lowest BCUT2D eigenvalue weighted by molar-refractivity contribution is -0.141. The van der Waals surface area contributed by atoms with Crippen LogP contribution in [-0.2, 0) is 9.53 Å². The zero-order valence-electron chi connectivity index (χ0n) is 6.83. The van der Waals surface area contributed by atoms with Gasteiger partial charge >= 0.3 is 5.97 Å². The largest absolute Gasteiger partial charge is 0.451 e. The van der Waals surface area contributed by atoms with E-state index in [2.05, 4.69) is 15.9 Å². The van der Waals surface area contributed by atoms with E-state index in [4.69, 9.17) is 4.74 Å². The highest BCUT2D eigenvalue weighted by Gasteiger charge is 2.30. The first kappa shape index (κ1) is 11.2. The van der Waals surface area contributed by atoms with Gasteiger partial charge in [0.25, 0.3) is 0 Å². The maximum absolute atomic E-state index is 10.9. The van der Waals surface area contributed by atoms with Crippen molar-refractivity contribution in [2.24, 2.45) is 0 Å². The van der Waals surface area contributed by atoms with Gasteiger partial charge in [0.2, 0.25) is 0 Å². The Balaban J connectivity index is 2.72. The van der Waals surface area contributed by atoms with E-state index in [1.165, 1.54) is 0 Å². The molecule has 3 nitrogen and oxygen atoms in total. The maximum atomic E-state index is 10.9. The highest BCUT2D eigenvalue weighted by atomic mass is 127. The summed E-state index contributed by atoms with van der Waals surface area (Å²) in [5, 5.41) is 9.64. The van der Waals surface area contributed by atoms with Gasteiger partial charge in [-0.1, -0.05) is 22.6 Å². The van der Waals surface area contributed by atoms with E-state index in [1.54, 1.807) is 17.1 Å². The van der Waals surface area contributed by atoms with Crippen molar-refractivity contribution in [3.05, 3.63) is 20.2 Å². The van der Waals surface area contributed by atoms with Crippen molar-refractivity contribution in [2.75, 3.05) is 0 Å². The number of hydrogen-bond acceptors (Lipinski definition) is 3. The number of ether oxygens (including phenoxy) is 1. The Morgan fingerprint density at radius 3 is 2.92 bits per heavy atom. The molecule has 1 heterocycles. The number of halogens is 2. The van der Waals surface area contributed by atoms with Crippen LogP contribution in [0.3, 0.4) is 0 Å². The van der Waals surface area contributed by atoms with E-state index in [1.807, 2.05) is 22.6 Å². The van der Waals surface area contributed by atoms with E-state index in [0.29, 0.717) is 4.48 Å². The molecule has 0 aromatic heterocycles. The number of carbonyl (C=O) groups excluding carboxylic acids is 1. The molecule has 0 spiro atoms. The van der Waals surface area contributed by atoms with E-state index in [0.717, 1.165) is 5.57 Å². The zero-order valence-corrected chi connectivity index (χ0v) is 10.6. The molecule has 13 heavy (non-hydrogen) atoms. The molecule has 0 unspecified atom stereocenters. The van der Waals surface area contributed by atoms with Gasteiger partial charge in [-0.25, -0.2) is 4.79 Å². The molecule has 0 saturated heterocycles. The van der Waals surface area contributed by atoms with Crippen LogP contribution in [-0.4, -0.2) is 23.3 Å². The molecule has 5 heteroatoms. The summed E-state index contributed by atoms with van der Waals surface area (Å²) >= 11 is 5.07. The van der Waals surface area contributed by atoms with Crippen LogP contribution in [0.15, 0.2) is 20.2 Å². The van der Waals surface area contributed by atoms with Crippen molar-refractivity contribution in [3.63, 3.8) is 0 Å². The lowest BCUT2D eigenvalue weighted by Crippen LogP contribution is -2.26. The number of carbonyl (C=O) groups is 1. The van der Waals surface area contributed by atoms with Gasteiger partial charge in [-0.05, 0) is 38.6 Å². The van der Waals surface area contributed by atoms with Crippen LogP contribution in [0, 0.1) is 0 Å². The zero-order chi connectivity index (χ0) is 10.0. The van der Waals surface area contributed by atoms with Gasteiger partial charge in [0, 0.05) is 0 Å². The molecule has 1 aliphatic rings. The molecular formula is C8H8BrIO3. The molecule has 0 aromatic carbocycles. The van der Waals surface area contributed by atoms with Crippen LogP contribution in [0.4, 0.5) is 0 Å². The summed E-state index contributed by atoms with van der Waals surface area (Å²) in [5.41, 5.74) is 0.775. The second-order valence-corrected chi connectivity index (χ2v) is 4.16. The van der Waals surface area contributed by atoms with Crippen LogP contribution in [0.25, 0.3) is 0 Å². The summed E-state index contributed by atoms with van der Waals surface area (Å²) in [6.45, 7) is 1.78. The van der Waals surface area contributed by atoms with E-state index in [-0.39, 0.29) is 0 Å². The Hall–Kier alpha value is 0.120.